The van der Waals surface area contributed by atoms with Gasteiger partial charge in [0.05, 0.1) is 5.56 Å². The van der Waals surface area contributed by atoms with E-state index in [1.807, 2.05) is 0 Å². The van der Waals surface area contributed by atoms with E-state index >= 15 is 0 Å². The van der Waals surface area contributed by atoms with E-state index in [9.17, 15) is 17.6 Å². The molecule has 0 saturated heterocycles. The van der Waals surface area contributed by atoms with Crippen molar-refractivity contribution in [1.82, 2.24) is 4.98 Å². The average molecular weight is 214 g/mol. The third-order valence-electron chi connectivity index (χ3n) is 1.43. The second kappa shape index (κ2) is 3.91. The summed E-state index contributed by atoms with van der Waals surface area (Å²) in [5.74, 6) is -3.04. The van der Waals surface area contributed by atoms with Crippen LogP contribution in [0.1, 0.15) is 17.6 Å². The molecule has 0 saturated carbocycles. The van der Waals surface area contributed by atoms with E-state index in [1.54, 1.807) is 0 Å². The Bertz CT molecular complexity index is 316. The average Bonchev–Trinajstić information content (AvgIpc) is 2.01. The summed E-state index contributed by atoms with van der Waals surface area (Å²) in [5.41, 5.74) is -1.21. The molecular weight excluding hydrogens is 210 g/mol. The molecular formula is C7H4ClF4N. The largest absolute Gasteiger partial charge is 0.268 e. The van der Waals surface area contributed by atoms with Crippen LogP contribution in [0.4, 0.5) is 17.6 Å². The molecule has 1 heterocycles. The molecule has 0 spiro atoms. The van der Waals surface area contributed by atoms with Crippen molar-refractivity contribution in [3.63, 3.8) is 0 Å². The summed E-state index contributed by atoms with van der Waals surface area (Å²) in [6, 6.07) is 0.692. The van der Waals surface area contributed by atoms with E-state index in [0.29, 0.717) is 6.07 Å². The highest BCUT2D eigenvalue weighted by atomic mass is 35.5. The number of aromatic nitrogens is 1. The van der Waals surface area contributed by atoms with Crippen LogP contribution in [0, 0.1) is 11.9 Å². The number of rotatable bonds is 2. The molecule has 13 heavy (non-hydrogen) atoms. The van der Waals surface area contributed by atoms with Crippen molar-refractivity contribution in [2.45, 2.75) is 12.3 Å². The normalized spacial score (nSPS) is 10.9. The molecule has 0 unspecified atom stereocenters. The smallest absolute Gasteiger partial charge is 0.205 e. The lowest BCUT2D eigenvalue weighted by Crippen LogP contribution is -2.02. The Hall–Kier alpha value is -0.840. The van der Waals surface area contributed by atoms with E-state index in [4.69, 9.17) is 11.6 Å². The molecule has 0 aliphatic rings. The Kier molecular flexibility index (Phi) is 3.08. The number of nitrogens with zero attached hydrogens (tertiary/aromatic N) is 1. The van der Waals surface area contributed by atoms with Crippen molar-refractivity contribution in [3.8, 4) is 0 Å². The van der Waals surface area contributed by atoms with Gasteiger partial charge in [-0.05, 0) is 11.6 Å². The summed E-state index contributed by atoms with van der Waals surface area (Å²) >= 11 is 5.23. The minimum absolute atomic E-state index is 0.276. The monoisotopic (exact) mass is 213 g/mol. The molecule has 0 amide bonds. The van der Waals surface area contributed by atoms with Gasteiger partial charge in [0, 0.05) is 5.88 Å². The highest BCUT2D eigenvalue weighted by Gasteiger charge is 2.20. The number of pyridine rings is 1. The molecule has 0 aromatic carbocycles. The summed E-state index contributed by atoms with van der Waals surface area (Å²) in [4.78, 5) is 2.63. The predicted molar refractivity (Wildman–Crippen MR) is 38.7 cm³/mol. The van der Waals surface area contributed by atoms with Gasteiger partial charge in [-0.15, -0.1) is 11.6 Å². The van der Waals surface area contributed by atoms with Crippen molar-refractivity contribution in [1.29, 1.82) is 0 Å². The molecule has 0 aliphatic carbocycles. The quantitative estimate of drug-likeness (QED) is 0.418. The first-order chi connectivity index (χ1) is 6.06. The van der Waals surface area contributed by atoms with E-state index in [0.717, 1.165) is 0 Å². The van der Waals surface area contributed by atoms with Crippen molar-refractivity contribution >= 4 is 11.6 Å². The molecule has 0 N–H and O–H groups in total. The molecule has 0 radical (unpaired) electrons. The maximum atomic E-state index is 12.7. The van der Waals surface area contributed by atoms with Crippen LogP contribution in [-0.2, 0) is 5.88 Å². The second-order valence-electron chi connectivity index (χ2n) is 2.24. The predicted octanol–water partition coefficient (Wildman–Crippen LogP) is 3.04. The lowest BCUT2D eigenvalue weighted by molar-refractivity contribution is 0.143. The third-order valence-corrected chi connectivity index (χ3v) is 1.72. The first-order valence-electron chi connectivity index (χ1n) is 3.25. The molecule has 0 fully saturated rings. The van der Waals surface area contributed by atoms with Gasteiger partial charge in [0.1, 0.15) is 0 Å². The minimum atomic E-state index is -3.04. The van der Waals surface area contributed by atoms with Crippen LogP contribution in [0.15, 0.2) is 6.07 Å². The van der Waals surface area contributed by atoms with Gasteiger partial charge in [-0.1, -0.05) is 0 Å². The Morgan fingerprint density at radius 2 is 2.00 bits per heavy atom. The van der Waals surface area contributed by atoms with Crippen molar-refractivity contribution in [2.75, 3.05) is 0 Å². The fourth-order valence-corrected chi connectivity index (χ4v) is 1.10. The molecule has 0 atom stereocenters. The van der Waals surface area contributed by atoms with Crippen molar-refractivity contribution < 1.29 is 17.6 Å². The van der Waals surface area contributed by atoms with Crippen molar-refractivity contribution in [2.24, 2.45) is 0 Å². The fraction of sp³-hybridized carbons (Fsp3) is 0.286. The summed E-state index contributed by atoms with van der Waals surface area (Å²) in [6.45, 7) is 0. The van der Waals surface area contributed by atoms with Crippen LogP contribution in [-0.4, -0.2) is 4.98 Å². The molecule has 1 rings (SSSR count). The zero-order valence-electron chi connectivity index (χ0n) is 6.20. The maximum Gasteiger partial charge on any atom is 0.268 e. The van der Waals surface area contributed by atoms with Gasteiger partial charge in [0.25, 0.3) is 6.43 Å². The number of halogens is 5. The Balaban J connectivity index is 3.30. The van der Waals surface area contributed by atoms with Gasteiger partial charge >= 0.3 is 0 Å². The zero-order valence-corrected chi connectivity index (χ0v) is 6.95. The van der Waals surface area contributed by atoms with E-state index in [-0.39, 0.29) is 11.4 Å². The van der Waals surface area contributed by atoms with Gasteiger partial charge < -0.3 is 0 Å². The lowest BCUT2D eigenvalue weighted by atomic mass is 10.1. The maximum absolute atomic E-state index is 12.7. The van der Waals surface area contributed by atoms with Crippen LogP contribution in [0.5, 0.6) is 0 Å². The molecule has 1 aromatic rings. The number of hydrogen-bond acceptors (Lipinski definition) is 1. The molecule has 1 aromatic heterocycles. The van der Waals surface area contributed by atoms with E-state index in [1.165, 1.54) is 0 Å². The lowest BCUT2D eigenvalue weighted by Gasteiger charge is -2.05. The molecule has 0 bridgehead atoms. The highest BCUT2D eigenvalue weighted by molar-refractivity contribution is 6.17. The van der Waals surface area contributed by atoms with Crippen LogP contribution in [0.3, 0.4) is 0 Å². The van der Waals surface area contributed by atoms with Crippen LogP contribution in [0.25, 0.3) is 0 Å². The SMILES string of the molecule is Fc1cc(CCl)c(C(F)F)c(F)n1. The summed E-state index contributed by atoms with van der Waals surface area (Å²) < 4.78 is 49.4. The number of hydrogen-bond donors (Lipinski definition) is 0. The van der Waals surface area contributed by atoms with Gasteiger partial charge in [-0.2, -0.15) is 13.8 Å². The van der Waals surface area contributed by atoms with Gasteiger partial charge in [-0.3, -0.25) is 0 Å². The Morgan fingerprint density at radius 3 is 2.46 bits per heavy atom. The van der Waals surface area contributed by atoms with Crippen LogP contribution in [0.2, 0.25) is 0 Å². The van der Waals surface area contributed by atoms with Gasteiger partial charge in [0.2, 0.25) is 11.9 Å². The summed E-state index contributed by atoms with van der Waals surface area (Å²) in [7, 11) is 0. The van der Waals surface area contributed by atoms with Crippen LogP contribution >= 0.6 is 11.6 Å². The second-order valence-corrected chi connectivity index (χ2v) is 2.51. The first kappa shape index (κ1) is 10.2. The third kappa shape index (κ3) is 2.09. The zero-order chi connectivity index (χ0) is 10.0. The Labute approximate surface area is 76.3 Å². The fourth-order valence-electron chi connectivity index (χ4n) is 0.881. The standard InChI is InChI=1S/C7H4ClF4N/c8-2-3-1-4(9)13-7(12)5(3)6(10)11/h1,6H,2H2. The Morgan fingerprint density at radius 1 is 1.38 bits per heavy atom. The highest BCUT2D eigenvalue weighted by Crippen LogP contribution is 2.26. The van der Waals surface area contributed by atoms with E-state index < -0.39 is 23.9 Å². The molecule has 1 nitrogen and oxygen atoms in total. The number of alkyl halides is 3. The van der Waals surface area contributed by atoms with Gasteiger partial charge in [0.15, 0.2) is 0 Å². The summed E-state index contributed by atoms with van der Waals surface area (Å²) in [6.07, 6.45) is -3.04. The molecule has 0 aliphatic heterocycles. The molecule has 6 heteroatoms. The summed E-state index contributed by atoms with van der Waals surface area (Å²) in [5, 5.41) is 0. The van der Waals surface area contributed by atoms with Gasteiger partial charge in [-0.25, -0.2) is 8.78 Å². The van der Waals surface area contributed by atoms with Crippen LogP contribution < -0.4 is 0 Å². The van der Waals surface area contributed by atoms with E-state index in [2.05, 4.69) is 4.98 Å². The minimum Gasteiger partial charge on any atom is -0.205 e. The topological polar surface area (TPSA) is 12.9 Å². The first-order valence-corrected chi connectivity index (χ1v) is 3.78. The van der Waals surface area contributed by atoms with Crippen molar-refractivity contribution in [3.05, 3.63) is 29.1 Å². The molecule has 72 valence electrons.